The van der Waals surface area contributed by atoms with Crippen LogP contribution in [0.15, 0.2) is 23.1 Å². The summed E-state index contributed by atoms with van der Waals surface area (Å²) in [5.41, 5.74) is 0.0748. The molecule has 0 aliphatic rings. The quantitative estimate of drug-likeness (QED) is 0.409. The van der Waals surface area contributed by atoms with Crippen LogP contribution in [-0.4, -0.2) is 37.1 Å². The number of Topliss-reactive ketones (excluding diaryl/α,β-unsaturated/α-hetero) is 1. The molecule has 4 nitrogen and oxygen atoms in total. The topological polar surface area (TPSA) is 58.2 Å². The van der Waals surface area contributed by atoms with Crippen LogP contribution in [0.25, 0.3) is 0 Å². The Morgan fingerprint density at radius 3 is 2.55 bits per heavy atom. The molecule has 0 aliphatic carbocycles. The Balaban J connectivity index is 0.00000441. The van der Waals surface area contributed by atoms with Gasteiger partial charge in [-0.05, 0) is 38.1 Å². The van der Waals surface area contributed by atoms with Gasteiger partial charge in [-0.25, -0.2) is 4.39 Å². The van der Waals surface area contributed by atoms with Gasteiger partial charge in [0, 0.05) is 18.0 Å². The Labute approximate surface area is 141 Å². The van der Waals surface area contributed by atoms with E-state index >= 15 is 0 Å². The summed E-state index contributed by atoms with van der Waals surface area (Å²) in [6, 6.07) is 4.39. The number of ketones is 1. The molecule has 2 N–H and O–H groups in total. The highest BCUT2D eigenvalue weighted by molar-refractivity contribution is 8.00. The average molecular weight is 349 g/mol. The number of rotatable bonds is 9. The standard InChI is InChI=1S/C15H21FN2O2S.ClH/c1-3-6-17-7-8-18-15(20)10-21-12-4-5-13(11(2)19)14(16)9-12;/h4-5,9,17H,3,6-8,10H2,1-2H3,(H,18,20);1H. The van der Waals surface area contributed by atoms with E-state index in [0.29, 0.717) is 11.4 Å². The molecule has 0 saturated heterocycles. The molecule has 0 heterocycles. The fourth-order valence-corrected chi connectivity index (χ4v) is 2.41. The second-order valence-corrected chi connectivity index (χ2v) is 5.64. The van der Waals surface area contributed by atoms with Crippen LogP contribution in [0.4, 0.5) is 4.39 Å². The average Bonchev–Trinajstić information content (AvgIpc) is 2.44. The Morgan fingerprint density at radius 2 is 1.95 bits per heavy atom. The Kier molecular flexibility index (Phi) is 10.9. The first kappa shape index (κ1) is 20.9. The molecule has 1 aromatic carbocycles. The third kappa shape index (κ3) is 7.77. The Morgan fingerprint density at radius 1 is 1.23 bits per heavy atom. The molecule has 7 heteroatoms. The van der Waals surface area contributed by atoms with Crippen molar-refractivity contribution in [3.63, 3.8) is 0 Å². The van der Waals surface area contributed by atoms with Crippen molar-refractivity contribution in [2.45, 2.75) is 25.2 Å². The summed E-state index contributed by atoms with van der Waals surface area (Å²) < 4.78 is 13.6. The molecular weight excluding hydrogens is 327 g/mol. The second kappa shape index (κ2) is 11.5. The molecule has 0 unspecified atom stereocenters. The van der Waals surface area contributed by atoms with Crippen LogP contribution < -0.4 is 10.6 Å². The first-order valence-corrected chi connectivity index (χ1v) is 7.93. The van der Waals surface area contributed by atoms with E-state index < -0.39 is 5.82 Å². The van der Waals surface area contributed by atoms with Gasteiger partial charge in [0.2, 0.25) is 5.91 Å². The van der Waals surface area contributed by atoms with Crippen molar-refractivity contribution < 1.29 is 14.0 Å². The fraction of sp³-hybridized carbons (Fsp3) is 0.467. The van der Waals surface area contributed by atoms with Gasteiger partial charge in [-0.15, -0.1) is 24.2 Å². The summed E-state index contributed by atoms with van der Waals surface area (Å²) in [6.07, 6.45) is 1.06. The van der Waals surface area contributed by atoms with Crippen molar-refractivity contribution in [2.24, 2.45) is 0 Å². The lowest BCUT2D eigenvalue weighted by molar-refractivity contribution is -0.118. The summed E-state index contributed by atoms with van der Waals surface area (Å²) >= 11 is 1.25. The minimum atomic E-state index is -0.545. The molecule has 1 amide bonds. The predicted octanol–water partition coefficient (Wildman–Crippen LogP) is 2.66. The number of amides is 1. The number of nitrogens with one attached hydrogen (secondary N) is 2. The first-order chi connectivity index (χ1) is 10.0. The zero-order valence-electron chi connectivity index (χ0n) is 12.8. The van der Waals surface area contributed by atoms with Crippen molar-refractivity contribution in [1.29, 1.82) is 0 Å². The summed E-state index contributed by atoms with van der Waals surface area (Å²) in [6.45, 7) is 5.67. The maximum atomic E-state index is 13.6. The van der Waals surface area contributed by atoms with Crippen LogP contribution in [0, 0.1) is 5.82 Å². The number of halogens is 2. The third-order valence-corrected chi connectivity index (χ3v) is 3.73. The van der Waals surface area contributed by atoms with Crippen LogP contribution in [0.5, 0.6) is 0 Å². The highest BCUT2D eigenvalue weighted by Gasteiger charge is 2.09. The van der Waals surface area contributed by atoms with E-state index in [4.69, 9.17) is 0 Å². The van der Waals surface area contributed by atoms with E-state index in [0.717, 1.165) is 19.5 Å². The lowest BCUT2D eigenvalue weighted by Crippen LogP contribution is -2.33. The zero-order valence-corrected chi connectivity index (χ0v) is 14.4. The van der Waals surface area contributed by atoms with Gasteiger partial charge in [-0.1, -0.05) is 6.92 Å². The lowest BCUT2D eigenvalue weighted by Gasteiger charge is -2.07. The molecule has 124 valence electrons. The molecule has 0 saturated carbocycles. The lowest BCUT2D eigenvalue weighted by atomic mass is 10.1. The van der Waals surface area contributed by atoms with Crippen molar-refractivity contribution in [3.05, 3.63) is 29.6 Å². The van der Waals surface area contributed by atoms with E-state index in [1.165, 1.54) is 30.8 Å². The van der Waals surface area contributed by atoms with E-state index in [-0.39, 0.29) is 35.4 Å². The predicted molar refractivity (Wildman–Crippen MR) is 90.5 cm³/mol. The molecule has 1 aromatic rings. The maximum Gasteiger partial charge on any atom is 0.230 e. The highest BCUT2D eigenvalue weighted by atomic mass is 35.5. The monoisotopic (exact) mass is 348 g/mol. The summed E-state index contributed by atoms with van der Waals surface area (Å²) in [7, 11) is 0. The van der Waals surface area contributed by atoms with E-state index in [1.54, 1.807) is 6.07 Å². The van der Waals surface area contributed by atoms with Gasteiger partial charge >= 0.3 is 0 Å². The van der Waals surface area contributed by atoms with Gasteiger partial charge in [0.1, 0.15) is 5.82 Å². The molecule has 0 fully saturated rings. The molecule has 0 aromatic heterocycles. The van der Waals surface area contributed by atoms with Gasteiger partial charge in [0.15, 0.2) is 5.78 Å². The van der Waals surface area contributed by atoms with Gasteiger partial charge in [0.05, 0.1) is 11.3 Å². The maximum absolute atomic E-state index is 13.6. The SMILES string of the molecule is CCCNCCNC(=O)CSc1ccc(C(C)=O)c(F)c1.Cl. The van der Waals surface area contributed by atoms with Crippen LogP contribution in [-0.2, 0) is 4.79 Å². The second-order valence-electron chi connectivity index (χ2n) is 4.59. The number of hydrogen-bond acceptors (Lipinski definition) is 4. The van der Waals surface area contributed by atoms with Crippen molar-refractivity contribution in [1.82, 2.24) is 10.6 Å². The molecule has 0 spiro atoms. The summed E-state index contributed by atoms with van der Waals surface area (Å²) in [5.74, 6) is -0.709. The summed E-state index contributed by atoms with van der Waals surface area (Å²) in [4.78, 5) is 23.4. The van der Waals surface area contributed by atoms with E-state index in [1.807, 2.05) is 0 Å². The molecule has 1 rings (SSSR count). The number of thioether (sulfide) groups is 1. The highest BCUT2D eigenvalue weighted by Crippen LogP contribution is 2.21. The minimum absolute atomic E-state index is 0. The minimum Gasteiger partial charge on any atom is -0.354 e. The summed E-state index contributed by atoms with van der Waals surface area (Å²) in [5, 5.41) is 5.97. The number of hydrogen-bond donors (Lipinski definition) is 2. The molecule has 0 radical (unpaired) electrons. The number of carbonyl (C=O) groups is 2. The van der Waals surface area contributed by atoms with Crippen LogP contribution in [0.1, 0.15) is 30.6 Å². The van der Waals surface area contributed by atoms with Crippen molar-refractivity contribution in [3.8, 4) is 0 Å². The van der Waals surface area contributed by atoms with Gasteiger partial charge in [-0.3, -0.25) is 9.59 Å². The Bertz CT molecular complexity index is 500. The van der Waals surface area contributed by atoms with Crippen molar-refractivity contribution >= 4 is 35.9 Å². The normalized spacial score (nSPS) is 9.95. The fourth-order valence-electron chi connectivity index (χ4n) is 1.66. The van der Waals surface area contributed by atoms with Crippen LogP contribution >= 0.6 is 24.2 Å². The van der Waals surface area contributed by atoms with Gasteiger partial charge in [0.25, 0.3) is 0 Å². The van der Waals surface area contributed by atoms with Gasteiger partial charge in [-0.2, -0.15) is 0 Å². The van der Waals surface area contributed by atoms with Crippen molar-refractivity contribution in [2.75, 3.05) is 25.4 Å². The molecule has 0 atom stereocenters. The third-order valence-electron chi connectivity index (χ3n) is 2.74. The molecule has 22 heavy (non-hydrogen) atoms. The smallest absolute Gasteiger partial charge is 0.230 e. The molecule has 0 aliphatic heterocycles. The van der Waals surface area contributed by atoms with Crippen LogP contribution in [0.3, 0.4) is 0 Å². The largest absolute Gasteiger partial charge is 0.354 e. The Hall–Kier alpha value is -1.11. The number of benzene rings is 1. The first-order valence-electron chi connectivity index (χ1n) is 6.95. The van der Waals surface area contributed by atoms with Gasteiger partial charge < -0.3 is 10.6 Å². The number of carbonyl (C=O) groups excluding carboxylic acids is 2. The zero-order chi connectivity index (χ0) is 15.7. The molecular formula is C15H22ClFN2O2S. The molecule has 0 bridgehead atoms. The van der Waals surface area contributed by atoms with E-state index in [9.17, 15) is 14.0 Å². The van der Waals surface area contributed by atoms with Crippen LogP contribution in [0.2, 0.25) is 0 Å². The van der Waals surface area contributed by atoms with E-state index in [2.05, 4.69) is 17.6 Å².